The van der Waals surface area contributed by atoms with E-state index < -0.39 is 17.4 Å². The van der Waals surface area contributed by atoms with Crippen LogP contribution in [0, 0.1) is 6.92 Å². The van der Waals surface area contributed by atoms with E-state index >= 15 is 0 Å². The summed E-state index contributed by atoms with van der Waals surface area (Å²) in [7, 11) is 0. The van der Waals surface area contributed by atoms with Crippen LogP contribution in [-0.2, 0) is 15.2 Å². The topological polar surface area (TPSA) is 58.6 Å². The summed E-state index contributed by atoms with van der Waals surface area (Å²) < 4.78 is 0. The van der Waals surface area contributed by atoms with E-state index in [0.717, 1.165) is 10.6 Å². The summed E-state index contributed by atoms with van der Waals surface area (Å²) in [4.78, 5) is 32.4. The summed E-state index contributed by atoms with van der Waals surface area (Å²) in [5.74, 6) is -1.10. The summed E-state index contributed by atoms with van der Waals surface area (Å²) in [6.07, 6.45) is 0. The number of carbonyl (C=O) groups is 2. The predicted octanol–water partition coefficient (Wildman–Crippen LogP) is 5.27. The highest BCUT2D eigenvalue weighted by Crippen LogP contribution is 2.47. The van der Waals surface area contributed by atoms with E-state index in [2.05, 4.69) is 5.32 Å². The SMILES string of the molecule is CCNC1(c2ccccc2Cl)C(=O)N(OC(=O)c2ccccc2C)c2ccc(Cl)cc21. The fourth-order valence-electron chi connectivity index (χ4n) is 3.94. The summed E-state index contributed by atoms with van der Waals surface area (Å²) in [6, 6.07) is 19.1. The number of aryl methyl sites for hydroxylation is 1. The fourth-order valence-corrected chi connectivity index (χ4v) is 4.39. The van der Waals surface area contributed by atoms with Gasteiger partial charge in [-0.1, -0.05) is 66.5 Å². The normalized spacial score (nSPS) is 17.5. The van der Waals surface area contributed by atoms with Gasteiger partial charge in [0.15, 0.2) is 5.54 Å². The van der Waals surface area contributed by atoms with Gasteiger partial charge >= 0.3 is 5.97 Å². The molecule has 0 aliphatic carbocycles. The van der Waals surface area contributed by atoms with Crippen molar-refractivity contribution in [2.75, 3.05) is 11.6 Å². The van der Waals surface area contributed by atoms with Crippen molar-refractivity contribution < 1.29 is 14.4 Å². The maximum Gasteiger partial charge on any atom is 0.364 e. The second-order valence-corrected chi connectivity index (χ2v) is 8.06. The molecule has 158 valence electrons. The van der Waals surface area contributed by atoms with Gasteiger partial charge in [-0.25, -0.2) is 4.79 Å². The summed E-state index contributed by atoms with van der Waals surface area (Å²) >= 11 is 12.8. The molecule has 0 aromatic heterocycles. The zero-order valence-electron chi connectivity index (χ0n) is 17.0. The summed E-state index contributed by atoms with van der Waals surface area (Å²) in [5, 5.41) is 5.17. The van der Waals surface area contributed by atoms with Crippen LogP contribution in [0.1, 0.15) is 34.0 Å². The molecule has 1 unspecified atom stereocenters. The maximum atomic E-state index is 13.9. The van der Waals surface area contributed by atoms with Crippen LogP contribution >= 0.6 is 23.2 Å². The Morgan fingerprint density at radius 1 is 1.03 bits per heavy atom. The zero-order valence-corrected chi connectivity index (χ0v) is 18.5. The van der Waals surface area contributed by atoms with E-state index in [9.17, 15) is 9.59 Å². The van der Waals surface area contributed by atoms with Gasteiger partial charge in [0.2, 0.25) is 0 Å². The molecule has 0 bridgehead atoms. The van der Waals surface area contributed by atoms with Gasteiger partial charge in [-0.2, -0.15) is 0 Å². The molecule has 3 aromatic rings. The second-order valence-electron chi connectivity index (χ2n) is 7.21. The number of benzene rings is 3. The van der Waals surface area contributed by atoms with Crippen molar-refractivity contribution in [3.05, 3.63) is 99.0 Å². The Balaban J connectivity index is 1.87. The molecule has 0 radical (unpaired) electrons. The van der Waals surface area contributed by atoms with Crippen LogP contribution < -0.4 is 10.4 Å². The molecule has 0 fully saturated rings. The van der Waals surface area contributed by atoms with Crippen LogP contribution in [0.15, 0.2) is 66.7 Å². The minimum atomic E-state index is -1.35. The first-order chi connectivity index (χ1) is 14.9. The molecule has 5 nitrogen and oxygen atoms in total. The highest BCUT2D eigenvalue weighted by Gasteiger charge is 2.54. The van der Waals surface area contributed by atoms with Crippen molar-refractivity contribution in [2.45, 2.75) is 19.4 Å². The van der Waals surface area contributed by atoms with E-state index in [1.807, 2.05) is 26.0 Å². The third kappa shape index (κ3) is 3.49. The number of anilines is 1. The Kier molecular flexibility index (Phi) is 5.75. The Bertz CT molecular complexity index is 1180. The first kappa shape index (κ1) is 21.4. The predicted molar refractivity (Wildman–Crippen MR) is 121 cm³/mol. The number of hydrogen-bond donors (Lipinski definition) is 1. The molecule has 1 amide bonds. The van der Waals surface area contributed by atoms with E-state index in [-0.39, 0.29) is 0 Å². The van der Waals surface area contributed by atoms with Gasteiger partial charge in [0.05, 0.1) is 11.3 Å². The minimum absolute atomic E-state index is 0.379. The van der Waals surface area contributed by atoms with Crippen LogP contribution in [-0.4, -0.2) is 18.4 Å². The molecule has 1 N–H and O–H groups in total. The smallest absolute Gasteiger partial charge is 0.328 e. The van der Waals surface area contributed by atoms with Gasteiger partial charge in [-0.05, 0) is 49.4 Å². The lowest BCUT2D eigenvalue weighted by molar-refractivity contribution is -0.128. The van der Waals surface area contributed by atoms with Gasteiger partial charge in [0, 0.05) is 21.2 Å². The first-order valence-electron chi connectivity index (χ1n) is 9.82. The molecule has 1 aliphatic rings. The number of fused-ring (bicyclic) bond motifs is 1. The molecule has 0 spiro atoms. The lowest BCUT2D eigenvalue weighted by Gasteiger charge is -2.30. The number of hydroxylamine groups is 1. The molecule has 7 heteroatoms. The number of nitrogens with zero attached hydrogens (tertiary/aromatic N) is 1. The van der Waals surface area contributed by atoms with Crippen molar-refractivity contribution in [1.29, 1.82) is 0 Å². The Morgan fingerprint density at radius 2 is 1.74 bits per heavy atom. The molecule has 4 rings (SSSR count). The molecule has 1 heterocycles. The van der Waals surface area contributed by atoms with Crippen molar-refractivity contribution in [1.82, 2.24) is 5.32 Å². The average molecular weight is 455 g/mol. The van der Waals surface area contributed by atoms with Crippen LogP contribution in [0.2, 0.25) is 10.0 Å². The fraction of sp³-hybridized carbons (Fsp3) is 0.167. The van der Waals surface area contributed by atoms with Crippen molar-refractivity contribution in [3.8, 4) is 0 Å². The van der Waals surface area contributed by atoms with Crippen LogP contribution in [0.3, 0.4) is 0 Å². The van der Waals surface area contributed by atoms with Gasteiger partial charge < -0.3 is 4.84 Å². The van der Waals surface area contributed by atoms with Gasteiger partial charge in [-0.3, -0.25) is 10.1 Å². The first-order valence-corrected chi connectivity index (χ1v) is 10.6. The number of likely N-dealkylation sites (N-methyl/N-ethyl adjacent to an activating group) is 1. The van der Waals surface area contributed by atoms with E-state index in [1.165, 1.54) is 0 Å². The monoisotopic (exact) mass is 454 g/mol. The quantitative estimate of drug-likeness (QED) is 0.569. The van der Waals surface area contributed by atoms with Gasteiger partial charge in [0.1, 0.15) is 0 Å². The number of nitrogens with one attached hydrogen (secondary N) is 1. The van der Waals surface area contributed by atoms with Crippen LogP contribution in [0.5, 0.6) is 0 Å². The number of hydrogen-bond acceptors (Lipinski definition) is 4. The van der Waals surface area contributed by atoms with Gasteiger partial charge in [0.25, 0.3) is 5.91 Å². The number of rotatable bonds is 5. The minimum Gasteiger partial charge on any atom is -0.328 e. The maximum absolute atomic E-state index is 13.9. The van der Waals surface area contributed by atoms with Crippen molar-refractivity contribution in [3.63, 3.8) is 0 Å². The van der Waals surface area contributed by atoms with Crippen molar-refractivity contribution >= 4 is 40.8 Å². The molecule has 0 saturated carbocycles. The zero-order chi connectivity index (χ0) is 22.2. The number of halogens is 2. The number of amides is 1. The Labute approximate surface area is 190 Å². The number of carbonyl (C=O) groups excluding carboxylic acids is 2. The highest BCUT2D eigenvalue weighted by atomic mass is 35.5. The molecular weight excluding hydrogens is 435 g/mol. The largest absolute Gasteiger partial charge is 0.364 e. The standard InChI is InChI=1S/C24H20Cl2N2O3/c1-3-27-24(18-10-6-7-11-20(18)26)19-14-16(25)12-13-21(19)28(23(24)30)31-22(29)17-9-5-4-8-15(17)2/h4-14,27H,3H2,1-2H3. The Hall–Kier alpha value is -2.86. The van der Waals surface area contributed by atoms with E-state index in [4.69, 9.17) is 28.0 Å². The molecule has 1 atom stereocenters. The molecular formula is C24H20Cl2N2O3. The van der Waals surface area contributed by atoms with E-state index in [1.54, 1.807) is 54.6 Å². The molecule has 0 saturated heterocycles. The lowest BCUT2D eigenvalue weighted by Crippen LogP contribution is -2.52. The third-order valence-electron chi connectivity index (χ3n) is 5.35. The van der Waals surface area contributed by atoms with Crippen molar-refractivity contribution in [2.24, 2.45) is 0 Å². The highest BCUT2D eigenvalue weighted by molar-refractivity contribution is 6.32. The lowest BCUT2D eigenvalue weighted by atomic mass is 9.83. The summed E-state index contributed by atoms with van der Waals surface area (Å²) in [5.41, 5.74) is 1.33. The third-order valence-corrected chi connectivity index (χ3v) is 5.91. The van der Waals surface area contributed by atoms with Gasteiger partial charge in [-0.15, -0.1) is 5.06 Å². The summed E-state index contributed by atoms with van der Waals surface area (Å²) in [6.45, 7) is 4.16. The molecule has 1 aliphatic heterocycles. The van der Waals surface area contributed by atoms with E-state index in [0.29, 0.717) is 39.0 Å². The van der Waals surface area contributed by atoms with Crippen LogP contribution in [0.25, 0.3) is 0 Å². The Morgan fingerprint density at radius 3 is 2.45 bits per heavy atom. The average Bonchev–Trinajstić information content (AvgIpc) is 2.97. The van der Waals surface area contributed by atoms with Crippen LogP contribution in [0.4, 0.5) is 5.69 Å². The second kappa shape index (κ2) is 8.35. The molecule has 31 heavy (non-hydrogen) atoms. The molecule has 3 aromatic carbocycles.